The number of hydrogen-bond donors (Lipinski definition) is 2. The average Bonchev–Trinajstić information content (AvgIpc) is 2.93. The molecule has 0 saturated carbocycles. The Morgan fingerprint density at radius 1 is 1.05 bits per heavy atom. The Labute approximate surface area is 216 Å². The highest BCUT2D eigenvalue weighted by Gasteiger charge is 2.35. The van der Waals surface area contributed by atoms with Gasteiger partial charge >= 0.3 is 6.09 Å². The van der Waals surface area contributed by atoms with Crippen LogP contribution in [0.1, 0.15) is 41.6 Å². The number of rotatable bonds is 6. The second kappa shape index (κ2) is 10.7. The molecule has 2 fully saturated rings. The first kappa shape index (κ1) is 24.9. The summed E-state index contributed by atoms with van der Waals surface area (Å²) in [6.45, 7) is 2.72. The summed E-state index contributed by atoms with van der Waals surface area (Å²) in [5.74, 6) is -0.795. The standard InChI is InChI=1S/C27H33N5O5/c1-36-29-22-15-18(26(34)31-12-4-6-19(16-31)25(28)33)8-9-24(22)30-13-10-21(11-14-30)32-23-7-3-2-5-20(23)17-37-27(32)35/h2-3,5,7-9,15,19,21,29H,4,6,10-14,16-17H2,1H3,(H2,28,33). The maximum Gasteiger partial charge on any atom is 0.414 e. The number of likely N-dealkylation sites (tertiary alicyclic amines) is 1. The van der Waals surface area contributed by atoms with Gasteiger partial charge in [0.2, 0.25) is 5.91 Å². The lowest BCUT2D eigenvalue weighted by Crippen LogP contribution is -2.49. The van der Waals surface area contributed by atoms with Crippen molar-refractivity contribution in [3.63, 3.8) is 0 Å². The van der Waals surface area contributed by atoms with Crippen LogP contribution in [-0.4, -0.2) is 62.1 Å². The van der Waals surface area contributed by atoms with Crippen molar-refractivity contribution in [3.05, 3.63) is 53.6 Å². The number of primary amides is 1. The molecular formula is C27H33N5O5. The predicted molar refractivity (Wildman–Crippen MR) is 139 cm³/mol. The van der Waals surface area contributed by atoms with Crippen LogP contribution in [0.25, 0.3) is 0 Å². The van der Waals surface area contributed by atoms with E-state index in [4.69, 9.17) is 15.3 Å². The third-order valence-corrected chi connectivity index (χ3v) is 7.54. The molecule has 0 aromatic heterocycles. The number of nitrogens with zero attached hydrogens (tertiary/aromatic N) is 3. The van der Waals surface area contributed by atoms with Crippen LogP contribution in [0.2, 0.25) is 0 Å². The van der Waals surface area contributed by atoms with E-state index in [1.165, 1.54) is 7.11 Å². The average molecular weight is 508 g/mol. The van der Waals surface area contributed by atoms with Crippen molar-refractivity contribution < 1.29 is 24.0 Å². The molecule has 3 aliphatic rings. The summed E-state index contributed by atoms with van der Waals surface area (Å²) in [5, 5.41) is 0. The maximum atomic E-state index is 13.2. The smallest absolute Gasteiger partial charge is 0.414 e. The topological polar surface area (TPSA) is 117 Å². The Bertz CT molecular complexity index is 1180. The van der Waals surface area contributed by atoms with E-state index in [0.29, 0.717) is 37.4 Å². The van der Waals surface area contributed by atoms with E-state index >= 15 is 0 Å². The number of carbonyl (C=O) groups is 3. The van der Waals surface area contributed by atoms with Gasteiger partial charge in [0.25, 0.3) is 5.91 Å². The van der Waals surface area contributed by atoms with Crippen LogP contribution in [0.3, 0.4) is 0 Å². The van der Waals surface area contributed by atoms with Crippen LogP contribution >= 0.6 is 0 Å². The van der Waals surface area contributed by atoms with E-state index in [2.05, 4.69) is 10.4 Å². The minimum Gasteiger partial charge on any atom is -0.444 e. The summed E-state index contributed by atoms with van der Waals surface area (Å²) >= 11 is 0. The van der Waals surface area contributed by atoms with Gasteiger partial charge in [-0.1, -0.05) is 18.2 Å². The molecule has 3 aliphatic heterocycles. The molecule has 3 amide bonds. The molecule has 3 N–H and O–H groups in total. The molecule has 37 heavy (non-hydrogen) atoms. The van der Waals surface area contributed by atoms with Crippen LogP contribution < -0.4 is 21.0 Å². The molecule has 1 unspecified atom stereocenters. The second-order valence-electron chi connectivity index (χ2n) is 9.80. The van der Waals surface area contributed by atoms with Gasteiger partial charge in [0.1, 0.15) is 6.61 Å². The van der Waals surface area contributed by atoms with Crippen molar-refractivity contribution in [1.82, 2.24) is 4.90 Å². The first-order valence-electron chi connectivity index (χ1n) is 12.8. The number of carbonyl (C=O) groups excluding carboxylic acids is 3. The maximum absolute atomic E-state index is 13.2. The van der Waals surface area contributed by atoms with Crippen LogP contribution in [-0.2, 0) is 21.0 Å². The van der Waals surface area contributed by atoms with E-state index in [0.717, 1.165) is 49.3 Å². The van der Waals surface area contributed by atoms with Crippen molar-refractivity contribution in [1.29, 1.82) is 0 Å². The zero-order valence-electron chi connectivity index (χ0n) is 21.0. The molecule has 196 valence electrons. The molecule has 0 bridgehead atoms. The SMILES string of the molecule is CONc1cc(C(=O)N2CCCC(C(N)=O)C2)ccc1N1CCC(N2C(=O)OCc3ccccc32)CC1. The fourth-order valence-electron chi connectivity index (χ4n) is 5.60. The van der Waals surface area contributed by atoms with Crippen molar-refractivity contribution in [3.8, 4) is 0 Å². The first-order chi connectivity index (χ1) is 18.0. The number of para-hydroxylation sites is 1. The third-order valence-electron chi connectivity index (χ3n) is 7.54. The van der Waals surface area contributed by atoms with Crippen molar-refractivity contribution in [2.75, 3.05) is 48.6 Å². The molecule has 2 aromatic carbocycles. The lowest BCUT2D eigenvalue weighted by molar-refractivity contribution is -0.123. The van der Waals surface area contributed by atoms with E-state index in [-0.39, 0.29) is 29.9 Å². The van der Waals surface area contributed by atoms with Gasteiger partial charge < -0.3 is 20.3 Å². The van der Waals surface area contributed by atoms with E-state index in [9.17, 15) is 14.4 Å². The largest absolute Gasteiger partial charge is 0.444 e. The number of piperidine rings is 2. The summed E-state index contributed by atoms with van der Waals surface area (Å²) in [7, 11) is 1.53. The highest BCUT2D eigenvalue weighted by Crippen LogP contribution is 2.35. The fourth-order valence-corrected chi connectivity index (χ4v) is 5.60. The minimum atomic E-state index is -0.362. The number of amides is 3. The Morgan fingerprint density at radius 3 is 2.59 bits per heavy atom. The predicted octanol–water partition coefficient (Wildman–Crippen LogP) is 3.12. The van der Waals surface area contributed by atoms with Crippen LogP contribution in [0.5, 0.6) is 0 Å². The summed E-state index contributed by atoms with van der Waals surface area (Å²) < 4.78 is 5.42. The van der Waals surface area contributed by atoms with Crippen molar-refractivity contribution in [2.45, 2.75) is 38.3 Å². The Morgan fingerprint density at radius 2 is 1.84 bits per heavy atom. The van der Waals surface area contributed by atoms with Crippen LogP contribution in [0.15, 0.2) is 42.5 Å². The number of fused-ring (bicyclic) bond motifs is 1. The molecule has 1 atom stereocenters. The molecule has 10 nitrogen and oxygen atoms in total. The summed E-state index contributed by atoms with van der Waals surface area (Å²) in [5.41, 5.74) is 12.5. The number of hydrogen-bond acceptors (Lipinski definition) is 7. The molecule has 0 spiro atoms. The summed E-state index contributed by atoms with van der Waals surface area (Å²) in [6.07, 6.45) is 2.73. The highest BCUT2D eigenvalue weighted by molar-refractivity contribution is 5.97. The fraction of sp³-hybridized carbons (Fsp3) is 0.444. The third kappa shape index (κ3) is 5.06. The molecule has 2 saturated heterocycles. The number of nitrogens with two attached hydrogens (primary N) is 1. The van der Waals surface area contributed by atoms with Crippen LogP contribution in [0, 0.1) is 5.92 Å². The minimum absolute atomic E-state index is 0.0437. The lowest BCUT2D eigenvalue weighted by atomic mass is 9.96. The number of ether oxygens (including phenoxy) is 1. The van der Waals surface area contributed by atoms with Gasteiger partial charge in [-0.3, -0.25) is 24.8 Å². The Balaban J connectivity index is 1.30. The normalized spacial score (nSPS) is 20.3. The van der Waals surface area contributed by atoms with E-state index in [1.807, 2.05) is 36.4 Å². The molecule has 5 rings (SSSR count). The molecule has 0 radical (unpaired) electrons. The van der Waals surface area contributed by atoms with Gasteiger partial charge in [0.15, 0.2) is 0 Å². The van der Waals surface area contributed by atoms with E-state index in [1.54, 1.807) is 15.9 Å². The Hall–Kier alpha value is -3.79. The summed E-state index contributed by atoms with van der Waals surface area (Å²) in [6, 6.07) is 13.5. The van der Waals surface area contributed by atoms with Gasteiger partial charge in [0.05, 0.1) is 30.1 Å². The molecule has 2 aromatic rings. The van der Waals surface area contributed by atoms with Gasteiger partial charge in [-0.05, 0) is 49.9 Å². The summed E-state index contributed by atoms with van der Waals surface area (Å²) in [4.78, 5) is 48.4. The quantitative estimate of drug-likeness (QED) is 0.577. The number of anilines is 3. The molecule has 0 aliphatic carbocycles. The van der Waals surface area contributed by atoms with Gasteiger partial charge in [-0.2, -0.15) is 0 Å². The molecular weight excluding hydrogens is 474 g/mol. The van der Waals surface area contributed by atoms with Gasteiger partial charge in [-0.25, -0.2) is 4.79 Å². The number of benzene rings is 2. The number of cyclic esters (lactones) is 1. The number of nitrogens with one attached hydrogen (secondary N) is 1. The first-order valence-corrected chi connectivity index (χ1v) is 12.8. The molecule has 3 heterocycles. The van der Waals surface area contributed by atoms with Gasteiger partial charge in [0, 0.05) is 43.3 Å². The zero-order chi connectivity index (χ0) is 25.9. The zero-order valence-corrected chi connectivity index (χ0v) is 21.0. The second-order valence-corrected chi connectivity index (χ2v) is 9.80. The van der Waals surface area contributed by atoms with E-state index < -0.39 is 0 Å². The highest BCUT2D eigenvalue weighted by atomic mass is 16.6. The van der Waals surface area contributed by atoms with Crippen molar-refractivity contribution in [2.24, 2.45) is 11.7 Å². The monoisotopic (exact) mass is 507 g/mol. The Kier molecular flexibility index (Phi) is 7.18. The lowest BCUT2D eigenvalue weighted by Gasteiger charge is -2.41. The van der Waals surface area contributed by atoms with Gasteiger partial charge in [-0.15, -0.1) is 0 Å². The van der Waals surface area contributed by atoms with Crippen molar-refractivity contribution >= 4 is 35.0 Å². The van der Waals surface area contributed by atoms with Crippen LogP contribution in [0.4, 0.5) is 21.9 Å². The molecule has 10 heteroatoms.